The lowest BCUT2D eigenvalue weighted by atomic mass is 10.1. The zero-order valence-corrected chi connectivity index (χ0v) is 7.43. The highest BCUT2D eigenvalue weighted by molar-refractivity contribution is 6.18. The second kappa shape index (κ2) is 4.12. The highest BCUT2D eigenvalue weighted by Crippen LogP contribution is 2.16. The van der Waals surface area contributed by atoms with Crippen molar-refractivity contribution in [1.29, 1.82) is 5.41 Å². The first-order valence-electron chi connectivity index (χ1n) is 3.73. The molecule has 1 aromatic carbocycles. The molecule has 0 amide bonds. The summed E-state index contributed by atoms with van der Waals surface area (Å²) in [5, 5.41) is 7.08. The van der Waals surface area contributed by atoms with Crippen molar-refractivity contribution in [3.05, 3.63) is 29.3 Å². The van der Waals surface area contributed by atoms with Crippen molar-refractivity contribution in [3.63, 3.8) is 0 Å². The van der Waals surface area contributed by atoms with E-state index in [-0.39, 0.29) is 0 Å². The van der Waals surface area contributed by atoms with Crippen LogP contribution in [-0.4, -0.2) is 12.1 Å². The Morgan fingerprint density at radius 3 is 2.83 bits per heavy atom. The lowest BCUT2D eigenvalue weighted by Gasteiger charge is -2.05. The molecule has 1 rings (SSSR count). The Morgan fingerprint density at radius 2 is 2.25 bits per heavy atom. The third-order valence-electron chi connectivity index (χ3n) is 1.75. The maximum atomic E-state index is 7.08. The molecule has 0 atom stereocenters. The predicted molar refractivity (Wildman–Crippen MR) is 53.2 cm³/mol. The maximum absolute atomic E-state index is 7.08. The molecular formula is C9H11ClN2. The molecule has 0 saturated heterocycles. The van der Waals surface area contributed by atoms with E-state index in [1.165, 1.54) is 6.21 Å². The third kappa shape index (κ3) is 1.77. The Morgan fingerprint density at radius 1 is 1.50 bits per heavy atom. The number of rotatable bonds is 3. The van der Waals surface area contributed by atoms with Gasteiger partial charge in [0.2, 0.25) is 0 Å². The molecule has 0 aliphatic carbocycles. The summed E-state index contributed by atoms with van der Waals surface area (Å²) in [5.41, 5.74) is 8.23. The molecule has 1 aromatic rings. The van der Waals surface area contributed by atoms with Crippen LogP contribution >= 0.6 is 11.6 Å². The second-order valence-electron chi connectivity index (χ2n) is 2.50. The zero-order chi connectivity index (χ0) is 8.97. The van der Waals surface area contributed by atoms with Gasteiger partial charge in [0, 0.05) is 23.3 Å². The van der Waals surface area contributed by atoms with Crippen LogP contribution in [0, 0.1) is 5.41 Å². The SMILES string of the molecule is N=Cc1cccc(CCCl)c1N. The molecule has 0 aliphatic rings. The van der Waals surface area contributed by atoms with Crippen molar-refractivity contribution in [2.75, 3.05) is 11.6 Å². The van der Waals surface area contributed by atoms with Gasteiger partial charge in [-0.1, -0.05) is 18.2 Å². The minimum absolute atomic E-state index is 0.561. The quantitative estimate of drug-likeness (QED) is 0.420. The summed E-state index contributed by atoms with van der Waals surface area (Å²) < 4.78 is 0. The topological polar surface area (TPSA) is 49.9 Å². The zero-order valence-electron chi connectivity index (χ0n) is 6.68. The lowest BCUT2D eigenvalue weighted by molar-refractivity contribution is 1.15. The van der Waals surface area contributed by atoms with Crippen molar-refractivity contribution in [2.24, 2.45) is 0 Å². The summed E-state index contributed by atoms with van der Waals surface area (Å²) in [6.07, 6.45) is 2.02. The molecule has 2 nitrogen and oxygen atoms in total. The fourth-order valence-corrected chi connectivity index (χ4v) is 1.28. The van der Waals surface area contributed by atoms with Crippen LogP contribution < -0.4 is 5.73 Å². The van der Waals surface area contributed by atoms with Crippen molar-refractivity contribution < 1.29 is 0 Å². The Kier molecular flexibility index (Phi) is 3.11. The van der Waals surface area contributed by atoms with Gasteiger partial charge < -0.3 is 11.1 Å². The van der Waals surface area contributed by atoms with Gasteiger partial charge in [0.15, 0.2) is 0 Å². The summed E-state index contributed by atoms with van der Waals surface area (Å²) in [6, 6.07) is 5.64. The number of aryl methyl sites for hydroxylation is 1. The number of hydrogen-bond acceptors (Lipinski definition) is 2. The van der Waals surface area contributed by atoms with E-state index in [9.17, 15) is 0 Å². The van der Waals surface area contributed by atoms with E-state index in [1.54, 1.807) is 0 Å². The largest absolute Gasteiger partial charge is 0.398 e. The van der Waals surface area contributed by atoms with Gasteiger partial charge in [-0.3, -0.25) is 0 Å². The fourth-order valence-electron chi connectivity index (χ4n) is 1.08. The first kappa shape index (κ1) is 9.07. The number of para-hydroxylation sites is 1. The van der Waals surface area contributed by atoms with Crippen LogP contribution in [0.15, 0.2) is 18.2 Å². The third-order valence-corrected chi connectivity index (χ3v) is 1.94. The number of nitrogens with two attached hydrogens (primary N) is 1. The van der Waals surface area contributed by atoms with Crippen LogP contribution in [0.5, 0.6) is 0 Å². The molecule has 0 unspecified atom stereocenters. The number of benzene rings is 1. The van der Waals surface area contributed by atoms with Crippen LogP contribution in [-0.2, 0) is 6.42 Å². The Balaban J connectivity index is 3.04. The highest BCUT2D eigenvalue weighted by atomic mass is 35.5. The van der Waals surface area contributed by atoms with E-state index in [0.29, 0.717) is 11.6 Å². The average molecular weight is 183 g/mol. The van der Waals surface area contributed by atoms with Crippen LogP contribution in [0.3, 0.4) is 0 Å². The van der Waals surface area contributed by atoms with Gasteiger partial charge in [-0.15, -0.1) is 11.6 Å². The Bertz CT molecular complexity index is 284. The molecule has 3 heteroatoms. The minimum Gasteiger partial charge on any atom is -0.398 e. The number of anilines is 1. The van der Waals surface area contributed by atoms with Gasteiger partial charge in [0.25, 0.3) is 0 Å². The van der Waals surface area contributed by atoms with Crippen molar-refractivity contribution in [2.45, 2.75) is 6.42 Å². The summed E-state index contributed by atoms with van der Waals surface area (Å²) in [4.78, 5) is 0. The standard InChI is InChI=1S/C9H11ClN2/c10-5-4-7-2-1-3-8(6-11)9(7)12/h1-3,6,11H,4-5,12H2. The predicted octanol–water partition coefficient (Wildman–Crippen LogP) is 2.05. The molecule has 0 aromatic heterocycles. The minimum atomic E-state index is 0.561. The normalized spacial score (nSPS) is 9.75. The van der Waals surface area contributed by atoms with Gasteiger partial charge in [0.05, 0.1) is 0 Å². The van der Waals surface area contributed by atoms with E-state index in [1.807, 2.05) is 18.2 Å². The van der Waals surface area contributed by atoms with E-state index in [0.717, 1.165) is 17.5 Å². The van der Waals surface area contributed by atoms with E-state index >= 15 is 0 Å². The fraction of sp³-hybridized carbons (Fsp3) is 0.222. The Labute approximate surface area is 76.9 Å². The number of nitrogen functional groups attached to an aromatic ring is 1. The molecule has 0 saturated carbocycles. The van der Waals surface area contributed by atoms with Crippen molar-refractivity contribution in [1.82, 2.24) is 0 Å². The molecule has 64 valence electrons. The number of hydrogen-bond donors (Lipinski definition) is 2. The molecule has 0 heterocycles. The van der Waals surface area contributed by atoms with Gasteiger partial charge >= 0.3 is 0 Å². The molecule has 0 aliphatic heterocycles. The summed E-state index contributed by atoms with van der Waals surface area (Å²) in [7, 11) is 0. The van der Waals surface area contributed by atoms with Gasteiger partial charge in [-0.25, -0.2) is 0 Å². The van der Waals surface area contributed by atoms with E-state index < -0.39 is 0 Å². The number of nitrogens with one attached hydrogen (secondary N) is 1. The molecule has 12 heavy (non-hydrogen) atoms. The van der Waals surface area contributed by atoms with Crippen LogP contribution in [0.2, 0.25) is 0 Å². The van der Waals surface area contributed by atoms with E-state index in [4.69, 9.17) is 22.7 Å². The number of halogens is 1. The van der Waals surface area contributed by atoms with E-state index in [2.05, 4.69) is 0 Å². The Hall–Kier alpha value is -1.02. The summed E-state index contributed by atoms with van der Waals surface area (Å²) >= 11 is 5.59. The van der Waals surface area contributed by atoms with Crippen molar-refractivity contribution >= 4 is 23.5 Å². The highest BCUT2D eigenvalue weighted by Gasteiger charge is 2.01. The van der Waals surface area contributed by atoms with Crippen molar-refractivity contribution in [3.8, 4) is 0 Å². The molecule has 3 N–H and O–H groups in total. The molecule has 0 radical (unpaired) electrons. The van der Waals surface area contributed by atoms with Gasteiger partial charge in [-0.2, -0.15) is 0 Å². The molecule has 0 spiro atoms. The molecular weight excluding hydrogens is 172 g/mol. The summed E-state index contributed by atoms with van der Waals surface area (Å²) in [5.74, 6) is 0.561. The van der Waals surface area contributed by atoms with Crippen LogP contribution in [0.1, 0.15) is 11.1 Å². The molecule has 0 bridgehead atoms. The van der Waals surface area contributed by atoms with Gasteiger partial charge in [0.1, 0.15) is 0 Å². The maximum Gasteiger partial charge on any atom is 0.0435 e. The van der Waals surface area contributed by atoms with Crippen LogP contribution in [0.4, 0.5) is 5.69 Å². The first-order valence-corrected chi connectivity index (χ1v) is 4.27. The average Bonchev–Trinajstić information content (AvgIpc) is 2.09. The van der Waals surface area contributed by atoms with Crippen LogP contribution in [0.25, 0.3) is 0 Å². The monoisotopic (exact) mass is 182 g/mol. The second-order valence-corrected chi connectivity index (χ2v) is 2.88. The first-order chi connectivity index (χ1) is 5.79. The smallest absolute Gasteiger partial charge is 0.0435 e. The lowest BCUT2D eigenvalue weighted by Crippen LogP contribution is -1.99. The number of alkyl halides is 1. The summed E-state index contributed by atoms with van der Waals surface area (Å²) in [6.45, 7) is 0. The van der Waals surface area contributed by atoms with Gasteiger partial charge in [-0.05, 0) is 12.0 Å². The molecule has 0 fully saturated rings.